The van der Waals surface area contributed by atoms with Crippen LogP contribution < -0.4 is 11.1 Å². The number of nitrogens with zero attached hydrogens (tertiary/aromatic N) is 1. The molecule has 7 nitrogen and oxygen atoms in total. The summed E-state index contributed by atoms with van der Waals surface area (Å²) in [6.07, 6.45) is 1.36. The molecule has 26 heavy (non-hydrogen) atoms. The fourth-order valence-electron chi connectivity index (χ4n) is 3.11. The second-order valence-electron chi connectivity index (χ2n) is 7.05. The molecular weight excluding hydrogens is 334 g/mol. The van der Waals surface area contributed by atoms with Crippen LogP contribution in [0.2, 0.25) is 0 Å². The maximum Gasteiger partial charge on any atom is 0.326 e. The first-order valence-electron chi connectivity index (χ1n) is 8.94. The first-order chi connectivity index (χ1) is 12.3. The number of rotatable bonds is 7. The van der Waals surface area contributed by atoms with Crippen molar-refractivity contribution < 1.29 is 19.5 Å². The van der Waals surface area contributed by atoms with E-state index < -0.39 is 30.0 Å². The first-order valence-corrected chi connectivity index (χ1v) is 8.94. The van der Waals surface area contributed by atoms with Gasteiger partial charge in [-0.25, -0.2) is 4.79 Å². The largest absolute Gasteiger partial charge is 0.480 e. The maximum atomic E-state index is 13.0. The van der Waals surface area contributed by atoms with E-state index in [2.05, 4.69) is 5.32 Å². The summed E-state index contributed by atoms with van der Waals surface area (Å²) in [5, 5.41) is 12.1. The number of carboxylic acid groups (broad SMARTS) is 1. The third-order valence-electron chi connectivity index (χ3n) is 4.74. The van der Waals surface area contributed by atoms with Crippen LogP contribution in [0.25, 0.3) is 0 Å². The molecule has 1 aromatic rings. The zero-order chi connectivity index (χ0) is 19.3. The van der Waals surface area contributed by atoms with Crippen LogP contribution in [0.5, 0.6) is 0 Å². The Labute approximate surface area is 153 Å². The molecule has 2 rings (SSSR count). The van der Waals surface area contributed by atoms with E-state index in [-0.39, 0.29) is 11.8 Å². The lowest BCUT2D eigenvalue weighted by molar-refractivity contribution is -0.149. The minimum absolute atomic E-state index is 0.0685. The summed E-state index contributed by atoms with van der Waals surface area (Å²) in [6, 6.07) is 6.92. The SMILES string of the molecule is CC(C)C(N)C(=O)NC(Cc1ccccc1)C(=O)N1CCCC1C(=O)O. The summed E-state index contributed by atoms with van der Waals surface area (Å²) in [4.78, 5) is 38.2. The van der Waals surface area contributed by atoms with Crippen LogP contribution in [0.4, 0.5) is 0 Å². The zero-order valence-corrected chi connectivity index (χ0v) is 15.2. The van der Waals surface area contributed by atoms with Crippen molar-refractivity contribution in [3.05, 3.63) is 35.9 Å². The second kappa shape index (κ2) is 8.80. The molecule has 1 saturated heterocycles. The number of carboxylic acids is 1. The predicted molar refractivity (Wildman–Crippen MR) is 97.3 cm³/mol. The normalized spacial score (nSPS) is 19.2. The van der Waals surface area contributed by atoms with Gasteiger partial charge in [0.1, 0.15) is 12.1 Å². The highest BCUT2D eigenvalue weighted by atomic mass is 16.4. The van der Waals surface area contributed by atoms with Gasteiger partial charge in [-0.15, -0.1) is 0 Å². The van der Waals surface area contributed by atoms with E-state index in [1.165, 1.54) is 4.90 Å². The van der Waals surface area contributed by atoms with E-state index in [9.17, 15) is 19.5 Å². The number of nitrogens with two attached hydrogens (primary N) is 1. The monoisotopic (exact) mass is 361 g/mol. The molecule has 1 fully saturated rings. The predicted octanol–water partition coefficient (Wildman–Crippen LogP) is 0.773. The molecule has 1 aliphatic heterocycles. The van der Waals surface area contributed by atoms with Crippen LogP contribution in [0.1, 0.15) is 32.3 Å². The van der Waals surface area contributed by atoms with Gasteiger partial charge in [0.05, 0.1) is 6.04 Å². The summed E-state index contributed by atoms with van der Waals surface area (Å²) >= 11 is 0. The van der Waals surface area contributed by atoms with Crippen molar-refractivity contribution >= 4 is 17.8 Å². The van der Waals surface area contributed by atoms with Crippen molar-refractivity contribution in [2.75, 3.05) is 6.54 Å². The highest BCUT2D eigenvalue weighted by molar-refractivity contribution is 5.92. The smallest absolute Gasteiger partial charge is 0.326 e. The van der Waals surface area contributed by atoms with Gasteiger partial charge in [0, 0.05) is 13.0 Å². The number of aliphatic carboxylic acids is 1. The Bertz CT molecular complexity index is 647. The van der Waals surface area contributed by atoms with Gasteiger partial charge in [0.25, 0.3) is 0 Å². The molecule has 1 heterocycles. The minimum atomic E-state index is -1.01. The van der Waals surface area contributed by atoms with Crippen LogP contribution >= 0.6 is 0 Å². The summed E-state index contributed by atoms with van der Waals surface area (Å²) < 4.78 is 0. The Morgan fingerprint density at radius 1 is 1.27 bits per heavy atom. The van der Waals surface area contributed by atoms with Crippen molar-refractivity contribution in [1.29, 1.82) is 0 Å². The van der Waals surface area contributed by atoms with Gasteiger partial charge in [0.15, 0.2) is 0 Å². The van der Waals surface area contributed by atoms with E-state index in [1.807, 2.05) is 44.2 Å². The molecular formula is C19H27N3O4. The molecule has 0 aliphatic carbocycles. The number of nitrogens with one attached hydrogen (secondary N) is 1. The van der Waals surface area contributed by atoms with Crippen LogP contribution in [0.3, 0.4) is 0 Å². The quantitative estimate of drug-likeness (QED) is 0.664. The number of hydrogen-bond acceptors (Lipinski definition) is 4. The molecule has 3 atom stereocenters. The highest BCUT2D eigenvalue weighted by Crippen LogP contribution is 2.19. The van der Waals surface area contributed by atoms with Crippen LogP contribution in [-0.4, -0.2) is 52.5 Å². The van der Waals surface area contributed by atoms with Crippen molar-refractivity contribution in [1.82, 2.24) is 10.2 Å². The molecule has 7 heteroatoms. The Morgan fingerprint density at radius 2 is 1.92 bits per heavy atom. The van der Waals surface area contributed by atoms with E-state index >= 15 is 0 Å². The fraction of sp³-hybridized carbons (Fsp3) is 0.526. The van der Waals surface area contributed by atoms with Crippen molar-refractivity contribution in [3.8, 4) is 0 Å². The van der Waals surface area contributed by atoms with E-state index in [0.717, 1.165) is 5.56 Å². The lowest BCUT2D eigenvalue weighted by Gasteiger charge is -2.28. The molecule has 2 amide bonds. The molecule has 0 radical (unpaired) electrons. The number of hydrogen-bond donors (Lipinski definition) is 3. The topological polar surface area (TPSA) is 113 Å². The Hall–Kier alpha value is -2.41. The number of benzene rings is 1. The lowest BCUT2D eigenvalue weighted by Crippen LogP contribution is -2.56. The summed E-state index contributed by atoms with van der Waals surface area (Å²) in [7, 11) is 0. The van der Waals surface area contributed by atoms with Gasteiger partial charge in [-0.1, -0.05) is 44.2 Å². The lowest BCUT2D eigenvalue weighted by atomic mass is 10.0. The maximum absolute atomic E-state index is 13.0. The highest BCUT2D eigenvalue weighted by Gasteiger charge is 2.38. The Morgan fingerprint density at radius 3 is 2.50 bits per heavy atom. The van der Waals surface area contributed by atoms with Gasteiger partial charge in [-0.3, -0.25) is 9.59 Å². The molecule has 4 N–H and O–H groups in total. The number of likely N-dealkylation sites (tertiary alicyclic amines) is 1. The summed E-state index contributed by atoms with van der Waals surface area (Å²) in [5.74, 6) is -1.86. The zero-order valence-electron chi connectivity index (χ0n) is 15.2. The molecule has 3 unspecified atom stereocenters. The number of amides is 2. The minimum Gasteiger partial charge on any atom is -0.480 e. The van der Waals surface area contributed by atoms with Crippen LogP contribution in [0.15, 0.2) is 30.3 Å². The van der Waals surface area contributed by atoms with E-state index in [4.69, 9.17) is 5.73 Å². The van der Waals surface area contributed by atoms with Gasteiger partial charge in [-0.05, 0) is 24.3 Å². The van der Waals surface area contributed by atoms with Gasteiger partial charge >= 0.3 is 5.97 Å². The van der Waals surface area contributed by atoms with Gasteiger partial charge < -0.3 is 21.1 Å². The number of carbonyl (C=O) groups excluding carboxylic acids is 2. The fourth-order valence-corrected chi connectivity index (χ4v) is 3.11. The summed E-state index contributed by atoms with van der Waals surface area (Å²) in [6.45, 7) is 4.05. The average Bonchev–Trinajstić information content (AvgIpc) is 3.10. The standard InChI is InChI=1S/C19H27N3O4/c1-12(2)16(20)17(23)21-14(11-13-7-4-3-5-8-13)18(24)22-10-6-9-15(22)19(25)26/h3-5,7-8,12,14-16H,6,9-11,20H2,1-2H3,(H,21,23)(H,25,26). The Kier molecular flexibility index (Phi) is 6.74. The number of carbonyl (C=O) groups is 3. The molecule has 0 spiro atoms. The average molecular weight is 361 g/mol. The second-order valence-corrected chi connectivity index (χ2v) is 7.05. The third-order valence-corrected chi connectivity index (χ3v) is 4.74. The first kappa shape index (κ1) is 19.9. The van der Waals surface area contributed by atoms with Crippen molar-refractivity contribution in [3.63, 3.8) is 0 Å². The third kappa shape index (κ3) is 4.82. The summed E-state index contributed by atoms with van der Waals surface area (Å²) in [5.41, 5.74) is 6.78. The van der Waals surface area contributed by atoms with Gasteiger partial charge in [-0.2, -0.15) is 0 Å². The van der Waals surface area contributed by atoms with Crippen molar-refractivity contribution in [2.24, 2.45) is 11.7 Å². The van der Waals surface area contributed by atoms with E-state index in [1.54, 1.807) is 0 Å². The van der Waals surface area contributed by atoms with Crippen LogP contribution in [-0.2, 0) is 20.8 Å². The molecule has 0 bridgehead atoms. The molecule has 1 aromatic carbocycles. The molecule has 1 aliphatic rings. The van der Waals surface area contributed by atoms with Gasteiger partial charge in [0.2, 0.25) is 11.8 Å². The Balaban J connectivity index is 2.20. The molecule has 0 aromatic heterocycles. The van der Waals surface area contributed by atoms with E-state index in [0.29, 0.717) is 25.8 Å². The molecule has 0 saturated carbocycles. The molecule has 142 valence electrons. The van der Waals surface area contributed by atoms with Crippen LogP contribution in [0, 0.1) is 5.92 Å². The van der Waals surface area contributed by atoms with Crippen molar-refractivity contribution in [2.45, 2.75) is 51.2 Å².